The first-order chi connectivity index (χ1) is 4.89. The number of rotatable bonds is 0. The lowest BCUT2D eigenvalue weighted by Crippen LogP contribution is -1.87. The van der Waals surface area contributed by atoms with E-state index in [0.717, 1.165) is 12.8 Å². The average Bonchev–Trinajstić information content (AvgIpc) is 2.02. The molecule has 0 N–H and O–H groups in total. The van der Waals surface area contributed by atoms with Gasteiger partial charge in [0.1, 0.15) is 0 Å². The van der Waals surface area contributed by atoms with Crippen molar-refractivity contribution in [2.24, 2.45) is 0 Å². The lowest BCUT2D eigenvalue weighted by atomic mass is 10.2. The quantitative estimate of drug-likeness (QED) is 0.467. The van der Waals surface area contributed by atoms with Crippen LogP contribution in [0.25, 0.3) is 0 Å². The van der Waals surface area contributed by atoms with Crippen molar-refractivity contribution in [2.45, 2.75) is 25.7 Å². The normalized spacial score (nSPS) is 26.2. The van der Waals surface area contributed by atoms with Crippen LogP contribution in [-0.2, 0) is 4.79 Å². The molecule has 0 aromatic carbocycles. The smallest absolute Gasteiger partial charge is 0.159 e. The van der Waals surface area contributed by atoms with Gasteiger partial charge in [0.2, 0.25) is 0 Å². The van der Waals surface area contributed by atoms with Crippen LogP contribution in [0.15, 0.2) is 24.3 Å². The maximum atomic E-state index is 10.9. The Morgan fingerprint density at radius 3 is 2.80 bits per heavy atom. The van der Waals surface area contributed by atoms with E-state index in [-0.39, 0.29) is 5.78 Å². The van der Waals surface area contributed by atoms with Gasteiger partial charge in [-0.25, -0.2) is 0 Å². The van der Waals surface area contributed by atoms with Gasteiger partial charge in [-0.15, -0.1) is 0 Å². The molecule has 0 radical (unpaired) electrons. The summed E-state index contributed by atoms with van der Waals surface area (Å²) in [6, 6.07) is 0. The van der Waals surface area contributed by atoms with Gasteiger partial charge in [-0.2, -0.15) is 0 Å². The summed E-state index contributed by atoms with van der Waals surface area (Å²) in [7, 11) is 0. The molecule has 0 heterocycles. The molecule has 0 amide bonds. The molecule has 0 aliphatic heterocycles. The summed E-state index contributed by atoms with van der Waals surface area (Å²) in [5.41, 5.74) is 0. The van der Waals surface area contributed by atoms with Crippen molar-refractivity contribution in [3.63, 3.8) is 0 Å². The summed E-state index contributed by atoms with van der Waals surface area (Å²) in [5, 5.41) is 0. The number of hydrogen-bond donors (Lipinski definition) is 0. The van der Waals surface area contributed by atoms with Crippen LogP contribution in [0.3, 0.4) is 0 Å². The number of allylic oxidation sites excluding steroid dienone is 4. The fourth-order valence-electron chi connectivity index (χ4n) is 0.954. The Balaban J connectivity index is 2.49. The van der Waals surface area contributed by atoms with Crippen molar-refractivity contribution in [1.29, 1.82) is 0 Å². The van der Waals surface area contributed by atoms with E-state index in [1.54, 1.807) is 6.08 Å². The van der Waals surface area contributed by atoms with Crippen molar-refractivity contribution in [3.05, 3.63) is 24.3 Å². The Hall–Kier alpha value is -0.850. The Morgan fingerprint density at radius 1 is 1.10 bits per heavy atom. The number of hydrogen-bond acceptors (Lipinski definition) is 1. The second-order valence-electron chi connectivity index (χ2n) is 2.48. The number of carbonyl (C=O) groups is 1. The minimum absolute atomic E-state index is 0.221. The molecule has 0 bridgehead atoms. The molecular formula is C9H12O. The molecule has 1 aliphatic rings. The van der Waals surface area contributed by atoms with Gasteiger partial charge in [0.05, 0.1) is 0 Å². The van der Waals surface area contributed by atoms with Crippen molar-refractivity contribution < 1.29 is 4.79 Å². The fraction of sp³-hybridized carbons (Fsp3) is 0.444. The lowest BCUT2D eigenvalue weighted by molar-refractivity contribution is -0.113. The fourth-order valence-corrected chi connectivity index (χ4v) is 0.954. The van der Waals surface area contributed by atoms with E-state index in [9.17, 15) is 4.79 Å². The topological polar surface area (TPSA) is 17.1 Å². The minimum Gasteiger partial charge on any atom is -0.295 e. The second-order valence-corrected chi connectivity index (χ2v) is 2.48. The number of ketones is 1. The molecule has 0 aromatic heterocycles. The first-order valence-corrected chi connectivity index (χ1v) is 3.74. The van der Waals surface area contributed by atoms with Crippen LogP contribution in [0.5, 0.6) is 0 Å². The molecule has 1 rings (SSSR count). The largest absolute Gasteiger partial charge is 0.295 e. The monoisotopic (exact) mass is 136 g/mol. The van der Waals surface area contributed by atoms with Gasteiger partial charge < -0.3 is 0 Å². The van der Waals surface area contributed by atoms with Crippen LogP contribution in [-0.4, -0.2) is 5.78 Å². The van der Waals surface area contributed by atoms with E-state index >= 15 is 0 Å². The summed E-state index contributed by atoms with van der Waals surface area (Å²) in [4.78, 5) is 10.9. The standard InChI is InChI=1S/C9H12O/c10-9-7-5-3-1-2-4-6-8-9/h3,5-6,8H,1-2,4,7H2/b5-3+,8-6+. The second kappa shape index (κ2) is 4.04. The molecular weight excluding hydrogens is 124 g/mol. The highest BCUT2D eigenvalue weighted by molar-refractivity contribution is 5.90. The maximum absolute atomic E-state index is 10.9. The third-order valence-electron chi connectivity index (χ3n) is 1.53. The van der Waals surface area contributed by atoms with Crippen LogP contribution in [0.2, 0.25) is 0 Å². The van der Waals surface area contributed by atoms with E-state index in [1.165, 1.54) is 6.42 Å². The molecule has 54 valence electrons. The summed E-state index contributed by atoms with van der Waals surface area (Å²) in [5.74, 6) is 0.221. The van der Waals surface area contributed by atoms with E-state index in [1.807, 2.05) is 12.2 Å². The van der Waals surface area contributed by atoms with Gasteiger partial charge in [0.15, 0.2) is 5.78 Å². The van der Waals surface area contributed by atoms with Crippen LogP contribution >= 0.6 is 0 Å². The first-order valence-electron chi connectivity index (χ1n) is 3.74. The van der Waals surface area contributed by atoms with Crippen molar-refractivity contribution in [1.82, 2.24) is 0 Å². The third kappa shape index (κ3) is 2.62. The molecule has 0 fully saturated rings. The average molecular weight is 136 g/mol. The minimum atomic E-state index is 0.221. The lowest BCUT2D eigenvalue weighted by Gasteiger charge is -1.85. The molecule has 1 nitrogen and oxygen atoms in total. The summed E-state index contributed by atoms with van der Waals surface area (Å²) in [6.45, 7) is 0. The maximum Gasteiger partial charge on any atom is 0.159 e. The molecule has 0 aromatic rings. The predicted octanol–water partition coefficient (Wildman–Crippen LogP) is 2.24. The molecule has 0 atom stereocenters. The first kappa shape index (κ1) is 7.26. The molecule has 1 heteroatoms. The van der Waals surface area contributed by atoms with Crippen LogP contribution < -0.4 is 0 Å². The van der Waals surface area contributed by atoms with Gasteiger partial charge in [0, 0.05) is 6.42 Å². The SMILES string of the molecule is O=C1/C=C/CCC/C=C/C1. The van der Waals surface area contributed by atoms with Crippen molar-refractivity contribution in [2.75, 3.05) is 0 Å². The van der Waals surface area contributed by atoms with Gasteiger partial charge in [-0.1, -0.05) is 18.2 Å². The van der Waals surface area contributed by atoms with Gasteiger partial charge in [0.25, 0.3) is 0 Å². The highest BCUT2D eigenvalue weighted by atomic mass is 16.1. The Labute approximate surface area is 61.4 Å². The molecule has 0 saturated carbocycles. The van der Waals surface area contributed by atoms with Crippen LogP contribution in [0, 0.1) is 0 Å². The van der Waals surface area contributed by atoms with E-state index < -0.39 is 0 Å². The van der Waals surface area contributed by atoms with Crippen LogP contribution in [0.4, 0.5) is 0 Å². The van der Waals surface area contributed by atoms with Gasteiger partial charge in [-0.3, -0.25) is 4.79 Å². The number of carbonyl (C=O) groups excluding carboxylic acids is 1. The molecule has 0 unspecified atom stereocenters. The Bertz CT molecular complexity index is 166. The summed E-state index contributed by atoms with van der Waals surface area (Å²) < 4.78 is 0. The van der Waals surface area contributed by atoms with Gasteiger partial charge >= 0.3 is 0 Å². The zero-order chi connectivity index (χ0) is 7.23. The van der Waals surface area contributed by atoms with Crippen molar-refractivity contribution in [3.8, 4) is 0 Å². The Morgan fingerprint density at radius 2 is 1.90 bits per heavy atom. The predicted molar refractivity (Wildman–Crippen MR) is 41.8 cm³/mol. The van der Waals surface area contributed by atoms with E-state index in [2.05, 4.69) is 6.08 Å². The highest BCUT2D eigenvalue weighted by Gasteiger charge is 1.93. The summed E-state index contributed by atoms with van der Waals surface area (Å²) in [6.07, 6.45) is 11.6. The molecule has 0 spiro atoms. The third-order valence-corrected chi connectivity index (χ3v) is 1.53. The van der Waals surface area contributed by atoms with Crippen LogP contribution in [0.1, 0.15) is 25.7 Å². The van der Waals surface area contributed by atoms with Gasteiger partial charge in [-0.05, 0) is 25.3 Å². The molecule has 10 heavy (non-hydrogen) atoms. The highest BCUT2D eigenvalue weighted by Crippen LogP contribution is 2.02. The summed E-state index contributed by atoms with van der Waals surface area (Å²) >= 11 is 0. The van der Waals surface area contributed by atoms with E-state index in [4.69, 9.17) is 0 Å². The molecule has 1 aliphatic carbocycles. The van der Waals surface area contributed by atoms with E-state index in [0.29, 0.717) is 6.42 Å². The Kier molecular flexibility index (Phi) is 2.94. The zero-order valence-electron chi connectivity index (χ0n) is 6.05. The molecule has 0 saturated heterocycles. The zero-order valence-corrected chi connectivity index (χ0v) is 6.05. The van der Waals surface area contributed by atoms with Crippen molar-refractivity contribution >= 4 is 5.78 Å².